The number of benzene rings is 1. The molecule has 0 atom stereocenters. The first kappa shape index (κ1) is 17.8. The molecule has 0 aliphatic heterocycles. The van der Waals surface area contributed by atoms with Gasteiger partial charge in [-0.15, -0.1) is 0 Å². The van der Waals surface area contributed by atoms with Gasteiger partial charge in [0.15, 0.2) is 5.75 Å². The normalized spacial score (nSPS) is 11.4. The van der Waals surface area contributed by atoms with Crippen LogP contribution in [0.15, 0.2) is 18.2 Å². The monoisotopic (exact) mass is 311 g/mol. The molecule has 1 rings (SSSR count). The van der Waals surface area contributed by atoms with E-state index in [0.29, 0.717) is 12.4 Å². The number of nitrogens with zero attached hydrogens (tertiary/aromatic N) is 1. The quantitative estimate of drug-likeness (QED) is 0.405. The Kier molecular flexibility index (Phi) is 7.02. The van der Waals surface area contributed by atoms with Crippen LogP contribution in [-0.4, -0.2) is 17.3 Å². The maximum atomic E-state index is 11.1. The highest BCUT2D eigenvalue weighted by Gasteiger charge is 2.29. The van der Waals surface area contributed by atoms with Crippen LogP contribution in [0.2, 0.25) is 0 Å². The number of rotatable bonds is 9. The summed E-state index contributed by atoms with van der Waals surface area (Å²) in [5, 5.41) is 11.1. The van der Waals surface area contributed by atoms with Crippen LogP contribution in [0, 0.1) is 22.5 Å². The molecule has 1 aromatic rings. The number of thiol groups is 1. The van der Waals surface area contributed by atoms with Crippen molar-refractivity contribution in [2.24, 2.45) is 5.41 Å². The minimum absolute atomic E-state index is 0.00857. The second-order valence-corrected chi connectivity index (χ2v) is 5.99. The zero-order valence-corrected chi connectivity index (χ0v) is 14.0. The van der Waals surface area contributed by atoms with E-state index in [1.165, 1.54) is 0 Å². The van der Waals surface area contributed by atoms with Gasteiger partial charge in [0.05, 0.1) is 11.5 Å². The number of nitro groups is 1. The van der Waals surface area contributed by atoms with Crippen LogP contribution in [-0.2, 0) is 0 Å². The Labute approximate surface area is 132 Å². The largest absolute Gasteiger partial charge is 0.486 e. The lowest BCUT2D eigenvalue weighted by molar-refractivity contribution is -0.386. The lowest BCUT2D eigenvalue weighted by atomic mass is 9.82. The highest BCUT2D eigenvalue weighted by Crippen LogP contribution is 2.34. The predicted octanol–water partition coefficient (Wildman–Crippen LogP) is 4.80. The van der Waals surface area contributed by atoms with Gasteiger partial charge in [0.25, 0.3) is 0 Å². The van der Waals surface area contributed by atoms with Crippen LogP contribution in [0.1, 0.15) is 45.1 Å². The molecule has 0 radical (unpaired) electrons. The van der Waals surface area contributed by atoms with Gasteiger partial charge in [0.2, 0.25) is 0 Å². The summed E-state index contributed by atoms with van der Waals surface area (Å²) in [6.45, 7) is 6.59. The van der Waals surface area contributed by atoms with Crippen molar-refractivity contribution < 1.29 is 9.66 Å². The second kappa shape index (κ2) is 8.27. The van der Waals surface area contributed by atoms with E-state index in [2.05, 4.69) is 26.5 Å². The van der Waals surface area contributed by atoms with Crippen molar-refractivity contribution in [2.45, 2.75) is 46.5 Å². The van der Waals surface area contributed by atoms with E-state index < -0.39 is 0 Å². The lowest BCUT2D eigenvalue weighted by Gasteiger charge is -2.31. The third-order valence-corrected chi connectivity index (χ3v) is 4.41. The molecule has 1 aromatic carbocycles. The molecule has 0 unspecified atom stereocenters. The average molecular weight is 311 g/mol. The number of hydrogen-bond acceptors (Lipinski definition) is 4. The van der Waals surface area contributed by atoms with Gasteiger partial charge in [-0.1, -0.05) is 32.8 Å². The first-order valence-corrected chi connectivity index (χ1v) is 8.10. The van der Waals surface area contributed by atoms with Crippen molar-refractivity contribution in [2.75, 3.05) is 12.4 Å². The Bertz CT molecular complexity index is 471. The summed E-state index contributed by atoms with van der Waals surface area (Å²) in [6, 6.07) is 5.08. The summed E-state index contributed by atoms with van der Waals surface area (Å²) in [5.41, 5.74) is 0.887. The topological polar surface area (TPSA) is 52.4 Å². The van der Waals surface area contributed by atoms with Crippen LogP contribution < -0.4 is 4.74 Å². The first-order valence-electron chi connectivity index (χ1n) is 7.46. The highest BCUT2D eigenvalue weighted by molar-refractivity contribution is 7.80. The van der Waals surface area contributed by atoms with Crippen LogP contribution in [0.3, 0.4) is 0 Å². The van der Waals surface area contributed by atoms with E-state index in [-0.39, 0.29) is 16.0 Å². The van der Waals surface area contributed by atoms with Crippen molar-refractivity contribution in [1.82, 2.24) is 0 Å². The first-order chi connectivity index (χ1) is 9.98. The summed E-state index contributed by atoms with van der Waals surface area (Å²) in [7, 11) is 0. The fraction of sp³-hybridized carbons (Fsp3) is 0.625. The van der Waals surface area contributed by atoms with Gasteiger partial charge in [-0.25, -0.2) is 0 Å². The molecule has 0 fully saturated rings. The molecule has 0 bridgehead atoms. The molecular weight excluding hydrogens is 286 g/mol. The van der Waals surface area contributed by atoms with Gasteiger partial charge < -0.3 is 4.74 Å². The Morgan fingerprint density at radius 2 is 1.90 bits per heavy atom. The van der Waals surface area contributed by atoms with Gasteiger partial charge >= 0.3 is 5.69 Å². The average Bonchev–Trinajstić information content (AvgIpc) is 2.46. The summed E-state index contributed by atoms with van der Waals surface area (Å²) in [5.74, 6) is 1.08. The van der Waals surface area contributed by atoms with Crippen molar-refractivity contribution in [3.05, 3.63) is 33.9 Å². The zero-order chi connectivity index (χ0) is 15.9. The van der Waals surface area contributed by atoms with E-state index in [1.54, 1.807) is 12.1 Å². The molecule has 4 nitrogen and oxygen atoms in total. The number of nitro benzene ring substituents is 1. The van der Waals surface area contributed by atoms with E-state index in [1.807, 2.05) is 13.0 Å². The Hall–Kier alpha value is -1.23. The lowest BCUT2D eigenvalue weighted by Crippen LogP contribution is -2.30. The molecule has 5 heteroatoms. The maximum absolute atomic E-state index is 11.1. The number of aryl methyl sites for hydroxylation is 1. The minimum atomic E-state index is -0.385. The summed E-state index contributed by atoms with van der Waals surface area (Å²) in [6.07, 6.45) is 4.15. The van der Waals surface area contributed by atoms with Gasteiger partial charge in [0, 0.05) is 11.5 Å². The van der Waals surface area contributed by atoms with Crippen molar-refractivity contribution >= 4 is 18.3 Å². The molecule has 0 aliphatic carbocycles. The fourth-order valence-corrected chi connectivity index (χ4v) is 3.06. The molecule has 0 amide bonds. The molecule has 0 heterocycles. The molecule has 0 saturated heterocycles. The summed E-state index contributed by atoms with van der Waals surface area (Å²) >= 11 is 4.48. The van der Waals surface area contributed by atoms with Crippen molar-refractivity contribution in [3.8, 4) is 5.75 Å². The highest BCUT2D eigenvalue weighted by atomic mass is 32.1. The smallest absolute Gasteiger partial charge is 0.311 e. The van der Waals surface area contributed by atoms with Crippen LogP contribution in [0.4, 0.5) is 5.69 Å². The fourth-order valence-electron chi connectivity index (χ4n) is 2.66. The zero-order valence-electron chi connectivity index (χ0n) is 13.1. The molecular formula is C16H25NO3S. The molecule has 0 N–H and O–H groups in total. The SMILES string of the molecule is CCCC(CS)(CCC)COc1ccc(C)cc1[N+](=O)[O-]. The van der Waals surface area contributed by atoms with E-state index in [9.17, 15) is 10.1 Å². The molecule has 0 aliphatic rings. The van der Waals surface area contributed by atoms with Crippen LogP contribution in [0.25, 0.3) is 0 Å². The summed E-state index contributed by atoms with van der Waals surface area (Å²) < 4.78 is 5.82. The Morgan fingerprint density at radius 3 is 2.38 bits per heavy atom. The minimum Gasteiger partial charge on any atom is -0.486 e. The second-order valence-electron chi connectivity index (χ2n) is 5.68. The van der Waals surface area contributed by atoms with Gasteiger partial charge in [-0.3, -0.25) is 10.1 Å². The number of ether oxygens (including phenoxy) is 1. The Balaban J connectivity index is 2.92. The predicted molar refractivity (Wildman–Crippen MR) is 89.4 cm³/mol. The molecule has 0 saturated carbocycles. The van der Waals surface area contributed by atoms with E-state index in [0.717, 1.165) is 37.0 Å². The Morgan fingerprint density at radius 1 is 1.29 bits per heavy atom. The molecule has 0 aromatic heterocycles. The van der Waals surface area contributed by atoms with Crippen molar-refractivity contribution in [3.63, 3.8) is 0 Å². The third-order valence-electron chi connectivity index (χ3n) is 3.74. The van der Waals surface area contributed by atoms with Crippen LogP contribution >= 0.6 is 12.6 Å². The molecule has 21 heavy (non-hydrogen) atoms. The maximum Gasteiger partial charge on any atom is 0.311 e. The van der Waals surface area contributed by atoms with E-state index in [4.69, 9.17) is 4.74 Å². The number of hydrogen-bond donors (Lipinski definition) is 1. The van der Waals surface area contributed by atoms with Gasteiger partial charge in [-0.2, -0.15) is 12.6 Å². The standard InChI is InChI=1S/C16H25NO3S/c1-4-8-16(12-21,9-5-2)11-20-15-7-6-13(3)10-14(15)17(18)19/h6-7,10,21H,4-5,8-9,11-12H2,1-3H3. The molecule has 118 valence electrons. The van der Waals surface area contributed by atoms with Crippen LogP contribution in [0.5, 0.6) is 5.75 Å². The van der Waals surface area contributed by atoms with E-state index >= 15 is 0 Å². The van der Waals surface area contributed by atoms with Crippen molar-refractivity contribution in [1.29, 1.82) is 0 Å². The van der Waals surface area contributed by atoms with Gasteiger partial charge in [0.1, 0.15) is 0 Å². The van der Waals surface area contributed by atoms with Gasteiger partial charge in [-0.05, 0) is 37.1 Å². The summed E-state index contributed by atoms with van der Waals surface area (Å²) in [4.78, 5) is 10.7. The third kappa shape index (κ3) is 4.92. The molecule has 0 spiro atoms.